The van der Waals surface area contributed by atoms with Crippen LogP contribution in [0.5, 0.6) is 6.01 Å². The van der Waals surface area contributed by atoms with Crippen LogP contribution < -0.4 is 10.1 Å². The molecule has 1 aromatic heterocycles. The molecule has 0 aliphatic carbocycles. The molecule has 0 saturated heterocycles. The Morgan fingerprint density at radius 2 is 1.68 bits per heavy atom. The number of ether oxygens (including phenoxy) is 2. The number of carboxylic acids is 1. The molecule has 2 N–H and O–H groups in total. The number of nitrogens with zero attached hydrogens (tertiary/aromatic N) is 2. The largest absolute Gasteiger partial charge is 0.479 e. The van der Waals surface area contributed by atoms with E-state index >= 15 is 0 Å². The Hall–Kier alpha value is -2.38. The maximum Gasteiger partial charge on any atom is 0.412 e. The Balaban J connectivity index is 2.91. The lowest BCUT2D eigenvalue weighted by atomic mass is 10.2. The Morgan fingerprint density at radius 3 is 2.09 bits per heavy atom. The molecule has 1 atom stereocenters. The second-order valence-electron chi connectivity index (χ2n) is 5.78. The van der Waals surface area contributed by atoms with Crippen molar-refractivity contribution in [2.45, 2.75) is 53.2 Å². The van der Waals surface area contributed by atoms with Gasteiger partial charge in [0.2, 0.25) is 0 Å². The van der Waals surface area contributed by atoms with Crippen molar-refractivity contribution in [2.24, 2.45) is 0 Å². The molecule has 22 heavy (non-hydrogen) atoms. The Kier molecular flexibility index (Phi) is 5.29. The van der Waals surface area contributed by atoms with Crippen LogP contribution in [0, 0.1) is 13.8 Å². The maximum atomic E-state index is 11.8. The van der Waals surface area contributed by atoms with Crippen LogP contribution in [0.3, 0.4) is 0 Å². The normalized spacial score (nSPS) is 12.5. The van der Waals surface area contributed by atoms with Crippen molar-refractivity contribution in [3.05, 3.63) is 11.4 Å². The molecule has 0 aliphatic rings. The fourth-order valence-electron chi connectivity index (χ4n) is 1.53. The number of hydrogen-bond donors (Lipinski definition) is 2. The van der Waals surface area contributed by atoms with Gasteiger partial charge in [-0.05, 0) is 41.5 Å². The van der Waals surface area contributed by atoms with Crippen LogP contribution >= 0.6 is 0 Å². The third kappa shape index (κ3) is 5.19. The van der Waals surface area contributed by atoms with Crippen LogP contribution in [-0.4, -0.2) is 38.8 Å². The molecular weight excluding hydrogens is 290 g/mol. The van der Waals surface area contributed by atoms with E-state index in [9.17, 15) is 9.59 Å². The molecular formula is C14H21N3O5. The van der Waals surface area contributed by atoms with E-state index in [4.69, 9.17) is 14.6 Å². The zero-order chi connectivity index (χ0) is 17.1. The van der Waals surface area contributed by atoms with Crippen molar-refractivity contribution in [1.29, 1.82) is 0 Å². The van der Waals surface area contributed by atoms with Gasteiger partial charge in [-0.2, -0.15) is 9.97 Å². The summed E-state index contributed by atoms with van der Waals surface area (Å²) in [7, 11) is 0. The van der Waals surface area contributed by atoms with Crippen molar-refractivity contribution < 1.29 is 24.2 Å². The third-order valence-corrected chi connectivity index (χ3v) is 2.51. The first-order valence-electron chi connectivity index (χ1n) is 6.74. The van der Waals surface area contributed by atoms with Crippen molar-refractivity contribution in [3.63, 3.8) is 0 Å². The van der Waals surface area contributed by atoms with Gasteiger partial charge < -0.3 is 14.6 Å². The molecule has 122 valence electrons. The lowest BCUT2D eigenvalue weighted by Gasteiger charge is -2.20. The molecule has 8 nitrogen and oxygen atoms in total. The van der Waals surface area contributed by atoms with Crippen LogP contribution in [0.25, 0.3) is 0 Å². The lowest BCUT2D eigenvalue weighted by molar-refractivity contribution is -0.144. The molecule has 8 heteroatoms. The molecule has 1 heterocycles. The van der Waals surface area contributed by atoms with Crippen LogP contribution in [0.4, 0.5) is 10.5 Å². The number of anilines is 1. The first kappa shape index (κ1) is 17.7. The van der Waals surface area contributed by atoms with Gasteiger partial charge in [-0.15, -0.1) is 0 Å². The van der Waals surface area contributed by atoms with E-state index in [1.165, 1.54) is 6.92 Å². The molecule has 0 spiro atoms. The highest BCUT2D eigenvalue weighted by atomic mass is 16.6. The number of carbonyl (C=O) groups excluding carboxylic acids is 1. The fourth-order valence-corrected chi connectivity index (χ4v) is 1.53. The average Bonchev–Trinajstić information content (AvgIpc) is 2.31. The van der Waals surface area contributed by atoms with Crippen molar-refractivity contribution >= 4 is 17.7 Å². The predicted molar refractivity (Wildman–Crippen MR) is 79.1 cm³/mol. The molecule has 0 aromatic carbocycles. The summed E-state index contributed by atoms with van der Waals surface area (Å²) in [6, 6.07) is -0.0559. The number of carbonyl (C=O) groups is 2. The number of nitrogens with one attached hydrogen (secondary N) is 1. The smallest absolute Gasteiger partial charge is 0.412 e. The van der Waals surface area contributed by atoms with Crippen LogP contribution in [0.1, 0.15) is 39.1 Å². The molecule has 1 aromatic rings. The summed E-state index contributed by atoms with van der Waals surface area (Å²) in [5, 5.41) is 11.4. The zero-order valence-electron chi connectivity index (χ0n) is 13.6. The predicted octanol–water partition coefficient (Wildman–Crippen LogP) is 2.29. The van der Waals surface area contributed by atoms with Crippen LogP contribution in [-0.2, 0) is 9.53 Å². The molecule has 1 amide bonds. The average molecular weight is 311 g/mol. The second kappa shape index (κ2) is 6.59. The summed E-state index contributed by atoms with van der Waals surface area (Å²) in [5.41, 5.74) is 0.689. The molecule has 0 bridgehead atoms. The number of rotatable bonds is 4. The van der Waals surface area contributed by atoms with Crippen molar-refractivity contribution in [1.82, 2.24) is 9.97 Å². The summed E-state index contributed by atoms with van der Waals surface area (Å²) in [4.78, 5) is 30.6. The van der Waals surface area contributed by atoms with Gasteiger partial charge in [-0.25, -0.2) is 9.59 Å². The quantitative estimate of drug-likeness (QED) is 0.877. The van der Waals surface area contributed by atoms with Gasteiger partial charge in [0.05, 0.1) is 17.1 Å². The standard InChI is InChI=1S/C14H21N3O5/c1-7-10(17-13(20)22-14(4,5)6)8(2)16-12(15-7)21-9(3)11(18)19/h9H,1-6H3,(H,17,20)(H,18,19). The highest BCUT2D eigenvalue weighted by molar-refractivity contribution is 5.86. The number of aryl methyl sites for hydroxylation is 2. The van der Waals surface area contributed by atoms with E-state index in [1.807, 2.05) is 0 Å². The topological polar surface area (TPSA) is 111 Å². The van der Waals surface area contributed by atoms with Gasteiger partial charge >= 0.3 is 18.1 Å². The minimum absolute atomic E-state index is 0.0559. The molecule has 0 saturated carbocycles. The number of aromatic nitrogens is 2. The summed E-state index contributed by atoms with van der Waals surface area (Å²) in [6.07, 6.45) is -1.68. The van der Waals surface area contributed by atoms with Crippen molar-refractivity contribution in [2.75, 3.05) is 5.32 Å². The summed E-state index contributed by atoms with van der Waals surface area (Å²) >= 11 is 0. The van der Waals surface area contributed by atoms with Gasteiger partial charge in [0.25, 0.3) is 0 Å². The van der Waals surface area contributed by atoms with Crippen molar-refractivity contribution in [3.8, 4) is 6.01 Å². The van der Waals surface area contributed by atoms with Gasteiger partial charge in [0.1, 0.15) is 5.60 Å². The number of carboxylic acid groups (broad SMARTS) is 1. The monoisotopic (exact) mass is 311 g/mol. The number of aliphatic carboxylic acids is 1. The molecule has 0 aliphatic heterocycles. The fraction of sp³-hybridized carbons (Fsp3) is 0.571. The first-order chi connectivity index (χ1) is 9.99. The van der Waals surface area contributed by atoms with E-state index in [1.54, 1.807) is 34.6 Å². The number of hydrogen-bond acceptors (Lipinski definition) is 6. The Labute approximate surface area is 128 Å². The second-order valence-corrected chi connectivity index (χ2v) is 5.78. The minimum atomic E-state index is -1.12. The maximum absolute atomic E-state index is 11.8. The van der Waals surface area contributed by atoms with Gasteiger partial charge in [-0.1, -0.05) is 0 Å². The SMILES string of the molecule is Cc1nc(OC(C)C(=O)O)nc(C)c1NC(=O)OC(C)(C)C. The Morgan fingerprint density at radius 1 is 1.18 bits per heavy atom. The van der Waals surface area contributed by atoms with Gasteiger partial charge in [-0.3, -0.25) is 5.32 Å². The zero-order valence-corrected chi connectivity index (χ0v) is 13.6. The summed E-state index contributed by atoms with van der Waals surface area (Å²) < 4.78 is 10.3. The minimum Gasteiger partial charge on any atom is -0.479 e. The summed E-state index contributed by atoms with van der Waals surface area (Å²) in [6.45, 7) is 9.95. The van der Waals surface area contributed by atoms with E-state index in [0.717, 1.165) is 0 Å². The van der Waals surface area contributed by atoms with Crippen LogP contribution in [0.15, 0.2) is 0 Å². The Bertz CT molecular complexity index is 557. The number of amides is 1. The third-order valence-electron chi connectivity index (χ3n) is 2.51. The molecule has 1 rings (SSSR count). The highest BCUT2D eigenvalue weighted by Gasteiger charge is 2.20. The van der Waals surface area contributed by atoms with Crippen LogP contribution in [0.2, 0.25) is 0 Å². The van der Waals surface area contributed by atoms with E-state index in [-0.39, 0.29) is 6.01 Å². The first-order valence-corrected chi connectivity index (χ1v) is 6.74. The highest BCUT2D eigenvalue weighted by Crippen LogP contribution is 2.21. The van der Waals surface area contributed by atoms with E-state index in [0.29, 0.717) is 17.1 Å². The molecule has 0 radical (unpaired) electrons. The summed E-state index contributed by atoms with van der Waals surface area (Å²) in [5.74, 6) is -1.12. The molecule has 1 unspecified atom stereocenters. The van der Waals surface area contributed by atoms with E-state index < -0.39 is 23.8 Å². The van der Waals surface area contributed by atoms with Gasteiger partial charge in [0, 0.05) is 0 Å². The van der Waals surface area contributed by atoms with Gasteiger partial charge in [0.15, 0.2) is 6.10 Å². The lowest BCUT2D eigenvalue weighted by Crippen LogP contribution is -2.28. The van der Waals surface area contributed by atoms with E-state index in [2.05, 4.69) is 15.3 Å². The molecule has 0 fully saturated rings.